The van der Waals surface area contributed by atoms with Gasteiger partial charge in [-0.05, 0) is 42.3 Å². The van der Waals surface area contributed by atoms with E-state index in [1.165, 1.54) is 32.4 Å². The molecule has 2 aromatic rings. The van der Waals surface area contributed by atoms with Crippen LogP contribution in [0.3, 0.4) is 0 Å². The number of carbonyl (C=O) groups excluding carboxylic acids is 1. The number of halogens is 1. The van der Waals surface area contributed by atoms with Gasteiger partial charge in [0.25, 0.3) is 0 Å². The topological polar surface area (TPSA) is 93.7 Å². The van der Waals surface area contributed by atoms with Gasteiger partial charge < -0.3 is 14.8 Å². The van der Waals surface area contributed by atoms with E-state index in [-0.39, 0.29) is 23.8 Å². The summed E-state index contributed by atoms with van der Waals surface area (Å²) in [7, 11) is -0.706. The number of rotatable bonds is 8. The minimum Gasteiger partial charge on any atom is -0.495 e. The first kappa shape index (κ1) is 20.5. The van der Waals surface area contributed by atoms with Crippen LogP contribution in [0, 0.1) is 5.82 Å². The Morgan fingerprint density at radius 3 is 2.33 bits per heavy atom. The van der Waals surface area contributed by atoms with Crippen LogP contribution in [0.15, 0.2) is 36.4 Å². The highest BCUT2D eigenvalue weighted by molar-refractivity contribution is 7.92. The first-order chi connectivity index (χ1) is 12.7. The van der Waals surface area contributed by atoms with Gasteiger partial charge in [-0.2, -0.15) is 0 Å². The summed E-state index contributed by atoms with van der Waals surface area (Å²) >= 11 is 0. The third-order valence-electron chi connectivity index (χ3n) is 3.64. The molecule has 0 saturated carbocycles. The zero-order valence-corrected chi connectivity index (χ0v) is 16.0. The van der Waals surface area contributed by atoms with Gasteiger partial charge in [0, 0.05) is 12.1 Å². The summed E-state index contributed by atoms with van der Waals surface area (Å²) in [5.74, 6) is -0.303. The molecule has 0 unspecified atom stereocenters. The molecule has 2 rings (SSSR count). The van der Waals surface area contributed by atoms with Gasteiger partial charge in [0.1, 0.15) is 5.75 Å². The van der Waals surface area contributed by atoms with Crippen molar-refractivity contribution in [1.29, 1.82) is 0 Å². The van der Waals surface area contributed by atoms with Gasteiger partial charge in [-0.3, -0.25) is 9.52 Å². The second-order valence-electron chi connectivity index (χ2n) is 5.81. The van der Waals surface area contributed by atoms with Crippen LogP contribution in [-0.2, 0) is 21.2 Å². The Hall–Kier alpha value is -2.81. The zero-order valence-electron chi connectivity index (χ0n) is 15.2. The highest BCUT2D eigenvalue weighted by atomic mass is 32.2. The molecule has 0 aliphatic carbocycles. The molecule has 0 aliphatic heterocycles. The maximum atomic E-state index is 13.7. The van der Waals surface area contributed by atoms with Crippen molar-refractivity contribution in [2.45, 2.75) is 12.8 Å². The first-order valence-electron chi connectivity index (χ1n) is 8.00. The van der Waals surface area contributed by atoms with Gasteiger partial charge in [0.2, 0.25) is 15.9 Å². The highest BCUT2D eigenvalue weighted by Crippen LogP contribution is 2.28. The molecule has 0 spiro atoms. The van der Waals surface area contributed by atoms with Crippen LogP contribution in [0.5, 0.6) is 11.5 Å². The summed E-state index contributed by atoms with van der Waals surface area (Å²) in [5.41, 5.74) is 1.29. The standard InChI is InChI=1S/C18H21FN2O5S/c1-25-16-7-4-12(10-14(16)19)5-9-18(22)20-13-6-8-17(26-2)15(11-13)21-27(3,23)24/h4,6-8,10-11,21H,5,9H2,1-3H3,(H,20,22). The number of sulfonamides is 1. The minimum absolute atomic E-state index is 0.132. The molecule has 0 bridgehead atoms. The van der Waals surface area contributed by atoms with Crippen LogP contribution >= 0.6 is 0 Å². The lowest BCUT2D eigenvalue weighted by Crippen LogP contribution is -2.14. The number of amides is 1. The quantitative estimate of drug-likeness (QED) is 0.716. The third-order valence-corrected chi connectivity index (χ3v) is 4.23. The predicted molar refractivity (Wildman–Crippen MR) is 101 cm³/mol. The van der Waals surface area contributed by atoms with E-state index in [1.54, 1.807) is 18.2 Å². The second-order valence-corrected chi connectivity index (χ2v) is 7.55. The van der Waals surface area contributed by atoms with Gasteiger partial charge in [-0.1, -0.05) is 6.07 Å². The van der Waals surface area contributed by atoms with Crippen LogP contribution in [0.25, 0.3) is 0 Å². The van der Waals surface area contributed by atoms with Crippen molar-refractivity contribution in [1.82, 2.24) is 0 Å². The molecular formula is C18H21FN2O5S. The summed E-state index contributed by atoms with van der Waals surface area (Å²) in [6.07, 6.45) is 1.50. The number of hydrogen-bond acceptors (Lipinski definition) is 5. The van der Waals surface area contributed by atoms with Crippen LogP contribution in [-0.4, -0.2) is 34.8 Å². The molecule has 0 radical (unpaired) electrons. The van der Waals surface area contributed by atoms with Crippen molar-refractivity contribution in [3.8, 4) is 11.5 Å². The summed E-state index contributed by atoms with van der Waals surface area (Å²) in [5, 5.41) is 2.68. The van der Waals surface area contributed by atoms with E-state index in [1.807, 2.05) is 0 Å². The average molecular weight is 396 g/mol. The Kier molecular flexibility index (Phi) is 6.62. The maximum absolute atomic E-state index is 13.7. The van der Waals surface area contributed by atoms with E-state index in [0.29, 0.717) is 23.4 Å². The molecule has 0 atom stereocenters. The van der Waals surface area contributed by atoms with Gasteiger partial charge in [-0.15, -0.1) is 0 Å². The summed E-state index contributed by atoms with van der Waals surface area (Å²) in [6.45, 7) is 0. The van der Waals surface area contributed by atoms with Gasteiger partial charge in [0.05, 0.1) is 26.2 Å². The van der Waals surface area contributed by atoms with Crippen LogP contribution < -0.4 is 19.5 Å². The SMILES string of the molecule is COc1ccc(CCC(=O)Nc2ccc(OC)c(NS(C)(=O)=O)c2)cc1F. The highest BCUT2D eigenvalue weighted by Gasteiger charge is 2.11. The third kappa shape index (κ3) is 6.14. The molecule has 146 valence electrons. The lowest BCUT2D eigenvalue weighted by atomic mass is 10.1. The van der Waals surface area contributed by atoms with Crippen molar-refractivity contribution in [3.05, 3.63) is 47.8 Å². The fourth-order valence-electron chi connectivity index (χ4n) is 2.41. The van der Waals surface area contributed by atoms with E-state index in [0.717, 1.165) is 6.26 Å². The average Bonchev–Trinajstić information content (AvgIpc) is 2.59. The van der Waals surface area contributed by atoms with E-state index < -0.39 is 15.8 Å². The van der Waals surface area contributed by atoms with E-state index >= 15 is 0 Å². The molecule has 0 fully saturated rings. The number of methoxy groups -OCH3 is 2. The lowest BCUT2D eigenvalue weighted by Gasteiger charge is -2.12. The molecule has 2 N–H and O–H groups in total. The van der Waals surface area contributed by atoms with E-state index in [9.17, 15) is 17.6 Å². The van der Waals surface area contributed by atoms with Gasteiger partial charge >= 0.3 is 0 Å². The lowest BCUT2D eigenvalue weighted by molar-refractivity contribution is -0.116. The van der Waals surface area contributed by atoms with Crippen molar-refractivity contribution in [2.75, 3.05) is 30.5 Å². The number of anilines is 2. The maximum Gasteiger partial charge on any atom is 0.229 e. The predicted octanol–water partition coefficient (Wildman–Crippen LogP) is 2.79. The molecule has 9 heteroatoms. The monoisotopic (exact) mass is 396 g/mol. The Bertz CT molecular complexity index is 931. The second kappa shape index (κ2) is 8.72. The minimum atomic E-state index is -3.50. The van der Waals surface area contributed by atoms with Gasteiger partial charge in [0.15, 0.2) is 11.6 Å². The zero-order chi connectivity index (χ0) is 20.0. The van der Waals surface area contributed by atoms with Crippen LogP contribution in [0.2, 0.25) is 0 Å². The smallest absolute Gasteiger partial charge is 0.229 e. The van der Waals surface area contributed by atoms with Crippen molar-refractivity contribution >= 4 is 27.3 Å². The van der Waals surface area contributed by atoms with Crippen molar-refractivity contribution < 1.29 is 27.1 Å². The fourth-order valence-corrected chi connectivity index (χ4v) is 2.97. The Balaban J connectivity index is 2.03. The first-order valence-corrected chi connectivity index (χ1v) is 9.89. The normalized spacial score (nSPS) is 11.0. The summed E-state index contributed by atoms with van der Waals surface area (Å²) in [4.78, 5) is 12.1. The molecule has 0 aliphatic rings. The van der Waals surface area contributed by atoms with E-state index in [4.69, 9.17) is 9.47 Å². The Morgan fingerprint density at radius 2 is 1.74 bits per heavy atom. The number of nitrogens with one attached hydrogen (secondary N) is 2. The van der Waals surface area contributed by atoms with E-state index in [2.05, 4.69) is 10.0 Å². The van der Waals surface area contributed by atoms with Crippen LogP contribution in [0.4, 0.5) is 15.8 Å². The number of aryl methyl sites for hydroxylation is 1. The van der Waals surface area contributed by atoms with Crippen LogP contribution in [0.1, 0.15) is 12.0 Å². The Labute approximate surface area is 157 Å². The molecule has 2 aromatic carbocycles. The molecule has 7 nitrogen and oxygen atoms in total. The molecule has 1 amide bonds. The summed E-state index contributed by atoms with van der Waals surface area (Å²) < 4.78 is 48.9. The van der Waals surface area contributed by atoms with Gasteiger partial charge in [-0.25, -0.2) is 12.8 Å². The number of carbonyl (C=O) groups is 1. The molecule has 27 heavy (non-hydrogen) atoms. The van der Waals surface area contributed by atoms with Crippen molar-refractivity contribution in [2.24, 2.45) is 0 Å². The molecule has 0 heterocycles. The summed E-state index contributed by atoms with van der Waals surface area (Å²) in [6, 6.07) is 9.13. The van der Waals surface area contributed by atoms with Crippen molar-refractivity contribution in [3.63, 3.8) is 0 Å². The fraction of sp³-hybridized carbons (Fsp3) is 0.278. The number of hydrogen-bond donors (Lipinski definition) is 2. The largest absolute Gasteiger partial charge is 0.495 e. The molecular weight excluding hydrogens is 375 g/mol. The Morgan fingerprint density at radius 1 is 1.07 bits per heavy atom. The molecule has 0 aromatic heterocycles. The molecule has 0 saturated heterocycles. The number of benzene rings is 2. The number of ether oxygens (including phenoxy) is 2.